The first-order valence-corrected chi connectivity index (χ1v) is 17.1. The Labute approximate surface area is 250 Å². The van der Waals surface area contributed by atoms with Crippen molar-refractivity contribution in [2.45, 2.75) is 19.1 Å². The zero-order chi connectivity index (χ0) is 29.0. The lowest BCUT2D eigenvalue weighted by atomic mass is 10.2. The summed E-state index contributed by atoms with van der Waals surface area (Å²) in [6.07, 6.45) is 7.27. The highest BCUT2D eigenvalue weighted by molar-refractivity contribution is 8.51. The summed E-state index contributed by atoms with van der Waals surface area (Å²) in [5.41, 5.74) is 4.50. The molecule has 2 amide bonds. The van der Waals surface area contributed by atoms with Gasteiger partial charge in [-0.3, -0.25) is 9.36 Å². The Bertz CT molecular complexity index is 1490. The average molecular weight is 624 g/mol. The third-order valence-corrected chi connectivity index (χ3v) is 9.70. The molecule has 0 saturated heterocycles. The second-order valence-electron chi connectivity index (χ2n) is 9.75. The van der Waals surface area contributed by atoms with Crippen molar-refractivity contribution in [3.63, 3.8) is 0 Å². The number of nitrogens with one attached hydrogen (secondary N) is 2. The van der Waals surface area contributed by atoms with Crippen LogP contribution in [0.25, 0.3) is 17.0 Å². The Balaban J connectivity index is 1.63. The first kappa shape index (κ1) is 30.1. The van der Waals surface area contributed by atoms with Crippen LogP contribution in [0.3, 0.4) is 0 Å². The standard InChI is InChI=1S/C28H33Cl3N6O2S/c1-19-6-5-7-24-25(19)34-27(36-15-12-22(18-36)32-26(38)20(2)40(3,4)31)37(24)28(39)33-21-8-10-23(11-9-21)35(16-13-29)17-14-30/h5-12,15,18,20H,13-14,16-17H2,1-4H3,(H,32,38)(H,33,39). The van der Waals surface area contributed by atoms with E-state index in [-0.39, 0.29) is 17.2 Å². The number of carbonyl (C=O) groups is 2. The summed E-state index contributed by atoms with van der Waals surface area (Å²) >= 11 is 11.9. The normalized spacial score (nSPS) is 12.8. The van der Waals surface area contributed by atoms with Gasteiger partial charge in [-0.1, -0.05) is 22.8 Å². The van der Waals surface area contributed by atoms with E-state index in [0.29, 0.717) is 53.2 Å². The maximum atomic E-state index is 13.7. The molecule has 0 radical (unpaired) electrons. The summed E-state index contributed by atoms with van der Waals surface area (Å²) in [6, 6.07) is 14.6. The molecule has 0 saturated carbocycles. The van der Waals surface area contributed by atoms with Crippen LogP contribution in [0.15, 0.2) is 60.9 Å². The zero-order valence-corrected chi connectivity index (χ0v) is 25.9. The van der Waals surface area contributed by atoms with Crippen molar-refractivity contribution in [1.82, 2.24) is 14.1 Å². The molecule has 2 heterocycles. The lowest BCUT2D eigenvalue weighted by molar-refractivity contribution is -0.115. The number of fused-ring (bicyclic) bond motifs is 1. The summed E-state index contributed by atoms with van der Waals surface area (Å²) in [4.78, 5) is 33.3. The van der Waals surface area contributed by atoms with E-state index in [4.69, 9.17) is 38.9 Å². The third-order valence-electron chi connectivity index (χ3n) is 6.67. The van der Waals surface area contributed by atoms with Gasteiger partial charge in [-0.15, -0.1) is 23.2 Å². The van der Waals surface area contributed by atoms with E-state index in [0.717, 1.165) is 11.3 Å². The predicted octanol–water partition coefficient (Wildman–Crippen LogP) is 7.04. The zero-order valence-electron chi connectivity index (χ0n) is 22.8. The molecule has 0 aliphatic rings. The maximum absolute atomic E-state index is 13.7. The molecule has 12 heteroatoms. The minimum Gasteiger partial charge on any atom is -0.369 e. The van der Waals surface area contributed by atoms with Crippen LogP contribution >= 0.6 is 43.1 Å². The van der Waals surface area contributed by atoms with Crippen LogP contribution in [0.2, 0.25) is 0 Å². The largest absolute Gasteiger partial charge is 0.369 e. The van der Waals surface area contributed by atoms with Crippen molar-refractivity contribution in [3.8, 4) is 5.95 Å². The Kier molecular flexibility index (Phi) is 9.61. The van der Waals surface area contributed by atoms with Crippen LogP contribution in [0.4, 0.5) is 21.9 Å². The summed E-state index contributed by atoms with van der Waals surface area (Å²) in [5, 5.41) is 5.57. The number of rotatable bonds is 10. The molecular formula is C28H33Cl3N6O2S. The quantitative estimate of drug-likeness (QED) is 0.186. The van der Waals surface area contributed by atoms with Gasteiger partial charge in [0.25, 0.3) is 0 Å². The van der Waals surface area contributed by atoms with Gasteiger partial charge in [-0.25, -0.2) is 14.3 Å². The Morgan fingerprint density at radius 3 is 2.30 bits per heavy atom. The first-order chi connectivity index (χ1) is 19.0. The smallest absolute Gasteiger partial charge is 0.333 e. The van der Waals surface area contributed by atoms with E-state index in [1.54, 1.807) is 23.0 Å². The molecule has 2 N–H and O–H groups in total. The Hall–Kier alpha value is -2.85. The number of halogens is 3. The van der Waals surface area contributed by atoms with Crippen molar-refractivity contribution in [2.75, 3.05) is 52.9 Å². The molecule has 0 aliphatic carbocycles. The summed E-state index contributed by atoms with van der Waals surface area (Å²) in [6.45, 7) is 5.12. The fourth-order valence-corrected chi connectivity index (χ4v) is 5.42. The molecule has 4 aromatic rings. The van der Waals surface area contributed by atoms with E-state index in [2.05, 4.69) is 15.5 Å². The number of para-hydroxylation sites is 1. The molecule has 0 bridgehead atoms. The minimum absolute atomic E-state index is 0.158. The maximum Gasteiger partial charge on any atom is 0.333 e. The average Bonchev–Trinajstić information content (AvgIpc) is 3.53. The molecule has 2 aromatic heterocycles. The van der Waals surface area contributed by atoms with Crippen LogP contribution in [-0.2, 0) is 4.79 Å². The summed E-state index contributed by atoms with van der Waals surface area (Å²) in [7, 11) is 4.85. The van der Waals surface area contributed by atoms with Crippen LogP contribution in [0.1, 0.15) is 12.5 Å². The number of aryl methyl sites for hydroxylation is 1. The van der Waals surface area contributed by atoms with E-state index >= 15 is 0 Å². The van der Waals surface area contributed by atoms with Gasteiger partial charge in [0.05, 0.1) is 22.0 Å². The molecule has 0 spiro atoms. The molecule has 40 heavy (non-hydrogen) atoms. The Morgan fingerprint density at radius 2 is 1.68 bits per heavy atom. The van der Waals surface area contributed by atoms with Crippen molar-refractivity contribution in [2.24, 2.45) is 0 Å². The predicted molar refractivity (Wildman–Crippen MR) is 172 cm³/mol. The lowest BCUT2D eigenvalue weighted by Gasteiger charge is -2.28. The van der Waals surface area contributed by atoms with E-state index in [1.807, 2.05) is 68.8 Å². The van der Waals surface area contributed by atoms with Crippen molar-refractivity contribution < 1.29 is 9.59 Å². The van der Waals surface area contributed by atoms with Gasteiger partial charge in [0.2, 0.25) is 11.9 Å². The van der Waals surface area contributed by atoms with Crippen LogP contribution in [-0.4, -0.2) is 68.7 Å². The van der Waals surface area contributed by atoms with Gasteiger partial charge >= 0.3 is 6.03 Å². The van der Waals surface area contributed by atoms with Gasteiger partial charge in [0.15, 0.2) is 0 Å². The monoisotopic (exact) mass is 622 g/mol. The minimum atomic E-state index is -1.58. The second kappa shape index (κ2) is 12.8. The third kappa shape index (κ3) is 6.71. The molecule has 0 fully saturated rings. The number of nitrogens with zero attached hydrogens (tertiary/aromatic N) is 4. The Morgan fingerprint density at radius 1 is 1.00 bits per heavy atom. The number of benzene rings is 2. The fourth-order valence-electron chi connectivity index (χ4n) is 4.20. The van der Waals surface area contributed by atoms with Crippen molar-refractivity contribution in [1.29, 1.82) is 0 Å². The molecule has 1 atom stereocenters. The number of hydrogen-bond donors (Lipinski definition) is 2. The molecule has 0 aliphatic heterocycles. The highest BCUT2D eigenvalue weighted by Crippen LogP contribution is 2.50. The van der Waals surface area contributed by atoms with Gasteiger partial charge in [0, 0.05) is 48.6 Å². The fraction of sp³-hybridized carbons (Fsp3) is 0.321. The van der Waals surface area contributed by atoms with E-state index in [9.17, 15) is 9.59 Å². The number of carbonyl (C=O) groups excluding carboxylic acids is 2. The lowest BCUT2D eigenvalue weighted by Crippen LogP contribution is -2.27. The number of amides is 2. The molecule has 2 aromatic carbocycles. The van der Waals surface area contributed by atoms with Gasteiger partial charge in [-0.05, 0) is 68.3 Å². The molecule has 8 nitrogen and oxygen atoms in total. The molecule has 1 unspecified atom stereocenters. The van der Waals surface area contributed by atoms with Gasteiger partial charge in [0.1, 0.15) is 0 Å². The molecular weight excluding hydrogens is 591 g/mol. The first-order valence-electron chi connectivity index (χ1n) is 12.7. The highest BCUT2D eigenvalue weighted by atomic mass is 35.7. The molecule has 214 valence electrons. The van der Waals surface area contributed by atoms with Gasteiger partial charge in [-0.2, -0.15) is 9.24 Å². The summed E-state index contributed by atoms with van der Waals surface area (Å²) < 4.78 is 3.25. The van der Waals surface area contributed by atoms with Crippen LogP contribution < -0.4 is 15.5 Å². The van der Waals surface area contributed by atoms with E-state index in [1.165, 1.54) is 4.57 Å². The van der Waals surface area contributed by atoms with Crippen molar-refractivity contribution >= 4 is 83.2 Å². The van der Waals surface area contributed by atoms with E-state index < -0.39 is 9.24 Å². The van der Waals surface area contributed by atoms with Crippen LogP contribution in [0.5, 0.6) is 0 Å². The number of hydrogen-bond acceptors (Lipinski definition) is 4. The van der Waals surface area contributed by atoms with Crippen LogP contribution in [0, 0.1) is 6.92 Å². The number of anilines is 3. The molecule has 4 rings (SSSR count). The highest BCUT2D eigenvalue weighted by Gasteiger charge is 2.25. The van der Waals surface area contributed by atoms with Crippen molar-refractivity contribution in [3.05, 3.63) is 66.5 Å². The van der Waals surface area contributed by atoms with Gasteiger partial charge < -0.3 is 15.5 Å². The number of alkyl halides is 2. The second-order valence-corrected chi connectivity index (χ2v) is 16.2. The number of imidazole rings is 1. The summed E-state index contributed by atoms with van der Waals surface area (Å²) in [5.74, 6) is 1.21. The SMILES string of the molecule is Cc1cccc2c1nc(-n1ccc(NC(=O)C(C)S(C)(C)Cl)c1)n2C(=O)Nc1ccc(N(CCCl)CCCl)cc1. The topological polar surface area (TPSA) is 84.2 Å². The number of aromatic nitrogens is 3.